The quantitative estimate of drug-likeness (QED) is 0.244. The summed E-state index contributed by atoms with van der Waals surface area (Å²) in [4.78, 5) is 13.3. The Labute approximate surface area is 186 Å². The number of aromatic nitrogens is 1. The molecule has 0 amide bonds. The van der Waals surface area contributed by atoms with E-state index in [2.05, 4.69) is 29.6 Å². The second-order valence-corrected chi connectivity index (χ2v) is 8.88. The molecule has 5 heteroatoms. The predicted octanol–water partition coefficient (Wildman–Crippen LogP) is 5.95. The first-order valence-corrected chi connectivity index (χ1v) is 11.0. The third-order valence-corrected chi connectivity index (χ3v) is 6.35. The first kappa shape index (κ1) is 20.3. The first-order valence-electron chi connectivity index (χ1n) is 11.0. The number of carbonyl (C=O) groups excluding carboxylic acids is 1. The van der Waals surface area contributed by atoms with Gasteiger partial charge in [-0.2, -0.15) is 0 Å². The lowest BCUT2D eigenvalue weighted by atomic mass is 9.97. The summed E-state index contributed by atoms with van der Waals surface area (Å²) in [6.07, 6.45) is 1.05. The van der Waals surface area contributed by atoms with Crippen molar-refractivity contribution in [2.24, 2.45) is 11.1 Å². The number of ether oxygens (including phenoxy) is 1. The zero-order chi connectivity index (χ0) is 22.4. The molecule has 5 nitrogen and oxygen atoms in total. The third-order valence-electron chi connectivity index (χ3n) is 6.35. The topological polar surface area (TPSA) is 63.8 Å². The van der Waals surface area contributed by atoms with Gasteiger partial charge in [-0.1, -0.05) is 43.3 Å². The first-order chi connectivity index (χ1) is 15.5. The van der Waals surface area contributed by atoms with Crippen molar-refractivity contribution in [2.75, 3.05) is 6.61 Å². The fraction of sp³-hybridized carbons (Fsp3) is 0.259. The standard InChI is InChI=1S/C27H26N2O3/c1-16(2)12-13-29-23-10-8-18(26(30)19-7-5-4-6-17(19)3)14-21(23)25-24(29)11-9-20-22(28-31)15-32-27(20)25/h4-11,14,16,31H,12-13,15H2,1-3H3/b28-22+. The summed E-state index contributed by atoms with van der Waals surface area (Å²) < 4.78 is 8.29. The van der Waals surface area contributed by atoms with Crippen LogP contribution in [0.3, 0.4) is 0 Å². The summed E-state index contributed by atoms with van der Waals surface area (Å²) >= 11 is 0. The maximum absolute atomic E-state index is 13.3. The minimum atomic E-state index is 0.0131. The Balaban J connectivity index is 1.75. The predicted molar refractivity (Wildman–Crippen MR) is 127 cm³/mol. The molecular weight excluding hydrogens is 400 g/mol. The average molecular weight is 427 g/mol. The second kappa shape index (κ2) is 7.83. The van der Waals surface area contributed by atoms with Gasteiger partial charge in [-0.05, 0) is 55.2 Å². The highest BCUT2D eigenvalue weighted by Crippen LogP contribution is 2.41. The number of carbonyl (C=O) groups is 1. The Morgan fingerprint density at radius 1 is 1.12 bits per heavy atom. The van der Waals surface area contributed by atoms with Gasteiger partial charge in [0.2, 0.25) is 0 Å². The molecular formula is C27H26N2O3. The summed E-state index contributed by atoms with van der Waals surface area (Å²) in [7, 11) is 0. The fourth-order valence-corrected chi connectivity index (χ4v) is 4.59. The van der Waals surface area contributed by atoms with Gasteiger partial charge in [-0.15, -0.1) is 0 Å². The largest absolute Gasteiger partial charge is 0.486 e. The lowest BCUT2D eigenvalue weighted by Gasteiger charge is -2.10. The smallest absolute Gasteiger partial charge is 0.193 e. The molecule has 4 aromatic rings. The van der Waals surface area contributed by atoms with Gasteiger partial charge in [-0.3, -0.25) is 4.79 Å². The number of rotatable bonds is 5. The van der Waals surface area contributed by atoms with E-state index in [0.717, 1.165) is 51.6 Å². The van der Waals surface area contributed by atoms with Crippen molar-refractivity contribution in [3.05, 3.63) is 76.9 Å². The van der Waals surface area contributed by atoms with Crippen LogP contribution in [0.25, 0.3) is 21.8 Å². The van der Waals surface area contributed by atoms with Crippen molar-refractivity contribution in [1.82, 2.24) is 4.57 Å². The maximum Gasteiger partial charge on any atom is 0.193 e. The summed E-state index contributed by atoms with van der Waals surface area (Å²) in [6.45, 7) is 7.52. The highest BCUT2D eigenvalue weighted by Gasteiger charge is 2.26. The molecule has 0 fully saturated rings. The summed E-state index contributed by atoms with van der Waals surface area (Å²) in [5.41, 5.74) is 5.81. The molecule has 1 N–H and O–H groups in total. The molecule has 2 heterocycles. The van der Waals surface area contributed by atoms with Gasteiger partial charge in [0.25, 0.3) is 0 Å². The van der Waals surface area contributed by atoms with Crippen LogP contribution in [0.4, 0.5) is 0 Å². The molecule has 0 aliphatic carbocycles. The molecule has 0 spiro atoms. The molecule has 5 rings (SSSR count). The minimum absolute atomic E-state index is 0.0131. The number of nitrogens with zero attached hydrogens (tertiary/aromatic N) is 2. The van der Waals surface area contributed by atoms with E-state index in [1.807, 2.05) is 55.5 Å². The van der Waals surface area contributed by atoms with Gasteiger partial charge in [-0.25, -0.2) is 0 Å². The molecule has 0 atom stereocenters. The van der Waals surface area contributed by atoms with E-state index in [-0.39, 0.29) is 12.4 Å². The van der Waals surface area contributed by atoms with Crippen LogP contribution < -0.4 is 4.74 Å². The van der Waals surface area contributed by atoms with Crippen LogP contribution in [0.15, 0.2) is 59.8 Å². The van der Waals surface area contributed by atoms with Crippen molar-refractivity contribution in [3.8, 4) is 5.75 Å². The molecule has 1 aromatic heterocycles. The molecule has 162 valence electrons. The van der Waals surface area contributed by atoms with Gasteiger partial charge < -0.3 is 14.5 Å². The summed E-state index contributed by atoms with van der Waals surface area (Å²) in [6, 6.07) is 17.6. The Kier molecular flexibility index (Phi) is 4.97. The number of aryl methyl sites for hydroxylation is 2. The van der Waals surface area contributed by atoms with Crippen molar-refractivity contribution in [1.29, 1.82) is 0 Å². The van der Waals surface area contributed by atoms with Crippen LogP contribution in [0, 0.1) is 12.8 Å². The van der Waals surface area contributed by atoms with E-state index in [4.69, 9.17) is 4.74 Å². The van der Waals surface area contributed by atoms with Crippen molar-refractivity contribution in [2.45, 2.75) is 33.7 Å². The van der Waals surface area contributed by atoms with Crippen molar-refractivity contribution >= 4 is 33.3 Å². The average Bonchev–Trinajstić information content (AvgIpc) is 3.35. The number of hydrogen-bond donors (Lipinski definition) is 1. The van der Waals surface area contributed by atoms with Gasteiger partial charge >= 0.3 is 0 Å². The third kappa shape index (κ3) is 3.16. The van der Waals surface area contributed by atoms with E-state index in [9.17, 15) is 10.0 Å². The van der Waals surface area contributed by atoms with Crippen LogP contribution in [0.5, 0.6) is 5.75 Å². The van der Waals surface area contributed by atoms with Crippen LogP contribution in [-0.4, -0.2) is 27.9 Å². The van der Waals surface area contributed by atoms with Gasteiger partial charge in [0, 0.05) is 34.1 Å². The van der Waals surface area contributed by atoms with Crippen LogP contribution in [0.2, 0.25) is 0 Å². The molecule has 0 saturated carbocycles. The van der Waals surface area contributed by atoms with E-state index in [0.29, 0.717) is 22.8 Å². The number of benzene rings is 3. The Bertz CT molecular complexity index is 1400. The molecule has 0 unspecified atom stereocenters. The summed E-state index contributed by atoms with van der Waals surface area (Å²) in [5.74, 6) is 1.31. The van der Waals surface area contributed by atoms with E-state index in [1.165, 1.54) is 0 Å². The Morgan fingerprint density at radius 2 is 1.91 bits per heavy atom. The molecule has 3 aromatic carbocycles. The highest BCUT2D eigenvalue weighted by atomic mass is 16.5. The van der Waals surface area contributed by atoms with Crippen molar-refractivity contribution < 1.29 is 14.7 Å². The van der Waals surface area contributed by atoms with E-state index >= 15 is 0 Å². The normalized spacial score (nSPS) is 14.4. The molecule has 1 aliphatic heterocycles. The fourth-order valence-electron chi connectivity index (χ4n) is 4.59. The van der Waals surface area contributed by atoms with Crippen molar-refractivity contribution in [3.63, 3.8) is 0 Å². The second-order valence-electron chi connectivity index (χ2n) is 8.88. The van der Waals surface area contributed by atoms with E-state index < -0.39 is 0 Å². The van der Waals surface area contributed by atoms with Gasteiger partial charge in [0.15, 0.2) is 5.78 Å². The van der Waals surface area contributed by atoms with E-state index in [1.54, 1.807) is 0 Å². The SMILES string of the molecule is Cc1ccccc1C(=O)c1ccc2c(c1)c1c3c(ccc1n2CCC(C)C)/C(=N/O)CO3. The Morgan fingerprint density at radius 3 is 2.66 bits per heavy atom. The van der Waals surface area contributed by atoms with Gasteiger partial charge in [0.1, 0.15) is 18.1 Å². The zero-order valence-electron chi connectivity index (χ0n) is 18.6. The lowest BCUT2D eigenvalue weighted by molar-refractivity contribution is 0.103. The minimum Gasteiger partial charge on any atom is -0.486 e. The molecule has 32 heavy (non-hydrogen) atoms. The Hall–Kier alpha value is -3.60. The molecule has 1 aliphatic rings. The molecule has 0 saturated heterocycles. The van der Waals surface area contributed by atoms with Crippen LogP contribution >= 0.6 is 0 Å². The molecule has 0 bridgehead atoms. The molecule has 0 radical (unpaired) electrons. The number of hydrogen-bond acceptors (Lipinski definition) is 4. The highest BCUT2D eigenvalue weighted by molar-refractivity contribution is 6.20. The monoisotopic (exact) mass is 426 g/mol. The van der Waals surface area contributed by atoms with Crippen LogP contribution in [0.1, 0.15) is 47.3 Å². The number of ketones is 1. The maximum atomic E-state index is 13.3. The van der Waals surface area contributed by atoms with Gasteiger partial charge in [0.05, 0.1) is 10.9 Å². The lowest BCUT2D eigenvalue weighted by Crippen LogP contribution is -2.04. The number of oxime groups is 1. The number of fused-ring (bicyclic) bond motifs is 5. The van der Waals surface area contributed by atoms with Crippen LogP contribution in [-0.2, 0) is 6.54 Å². The summed E-state index contributed by atoms with van der Waals surface area (Å²) in [5, 5.41) is 14.7. The zero-order valence-corrected chi connectivity index (χ0v) is 18.6.